The molecule has 3 atom stereocenters. The third-order valence-electron chi connectivity index (χ3n) is 3.76. The lowest BCUT2D eigenvalue weighted by Gasteiger charge is -2.23. The second-order valence-corrected chi connectivity index (χ2v) is 6.45. The zero-order valence-electron chi connectivity index (χ0n) is 16.5. The molecule has 0 aliphatic carbocycles. The Bertz CT molecular complexity index is 726. The minimum Gasteiger partial charge on any atom is -0.481 e. The van der Waals surface area contributed by atoms with Gasteiger partial charge in [-0.1, -0.05) is 0 Å². The molecule has 0 aromatic carbocycles. The van der Waals surface area contributed by atoms with Crippen molar-refractivity contribution >= 4 is 41.5 Å². The molecule has 11 N–H and O–H groups in total. The lowest BCUT2D eigenvalue weighted by Crippen LogP contribution is -2.56. The molecule has 0 aliphatic heterocycles. The van der Waals surface area contributed by atoms with Gasteiger partial charge in [0.25, 0.3) is 0 Å². The first-order chi connectivity index (χ1) is 14.3. The minimum absolute atomic E-state index is 0.284. The van der Waals surface area contributed by atoms with Gasteiger partial charge >= 0.3 is 11.9 Å². The first kappa shape index (κ1) is 27.2. The fourth-order valence-corrected chi connectivity index (χ4v) is 2.24. The number of nitrogens with two attached hydrogens (primary N) is 3. The van der Waals surface area contributed by atoms with Crippen molar-refractivity contribution in [2.24, 2.45) is 17.2 Å². The van der Waals surface area contributed by atoms with Gasteiger partial charge in [-0.15, -0.1) is 0 Å². The molecule has 0 aliphatic rings. The van der Waals surface area contributed by atoms with E-state index in [1.807, 2.05) is 5.32 Å². The molecule has 15 heteroatoms. The Kier molecular flexibility index (Phi) is 11.8. The van der Waals surface area contributed by atoms with E-state index >= 15 is 0 Å². The number of hydrogen-bond acceptors (Lipinski definition) is 8. The molecule has 0 saturated heterocycles. The highest BCUT2D eigenvalue weighted by Crippen LogP contribution is 2.04. The van der Waals surface area contributed by atoms with Gasteiger partial charge in [0.1, 0.15) is 18.6 Å². The van der Waals surface area contributed by atoms with Crippen LogP contribution in [0.2, 0.25) is 0 Å². The molecule has 0 bridgehead atoms. The van der Waals surface area contributed by atoms with E-state index in [4.69, 9.17) is 27.4 Å². The van der Waals surface area contributed by atoms with Crippen LogP contribution in [0.3, 0.4) is 0 Å². The normalized spacial score (nSPS) is 13.2. The molecule has 3 unspecified atom stereocenters. The number of hydrogen-bond donors (Lipinski definition) is 8. The molecule has 5 amide bonds. The summed E-state index contributed by atoms with van der Waals surface area (Å²) < 4.78 is 0. The Balaban J connectivity index is 5.37. The molecule has 0 rings (SSSR count). The Morgan fingerprint density at radius 1 is 0.710 bits per heavy atom. The number of aliphatic carboxylic acids is 2. The summed E-state index contributed by atoms with van der Waals surface area (Å²) in [4.78, 5) is 80.1. The van der Waals surface area contributed by atoms with Crippen molar-refractivity contribution in [2.75, 3.05) is 6.54 Å². The number of carbonyl (C=O) groups is 7. The summed E-state index contributed by atoms with van der Waals surface area (Å²) in [6.07, 6.45) is -2.08. The summed E-state index contributed by atoms with van der Waals surface area (Å²) in [5.41, 5.74) is 15.5. The highest BCUT2D eigenvalue weighted by atomic mass is 16.4. The molecule has 0 saturated carbocycles. The van der Waals surface area contributed by atoms with E-state index in [1.54, 1.807) is 0 Å². The minimum atomic E-state index is -1.47. The fraction of sp³-hybridized carbons (Fsp3) is 0.562. The Morgan fingerprint density at radius 2 is 1.23 bits per heavy atom. The smallest absolute Gasteiger partial charge is 0.322 e. The first-order valence-corrected chi connectivity index (χ1v) is 8.97. The standard InChI is InChI=1S/C16H26N6O9/c17-7(5-11(19)24)14(29)21-9(2-4-12(25)26)16(31)22-8(1-3-10(18)23)15(30)20-6-13(27)28/h7-9H,1-6,17H2,(H2,18,23)(H2,19,24)(H,20,30)(H,21,29)(H,22,31)(H,25,26)(H,27,28). The maximum absolute atomic E-state index is 12.6. The molecule has 174 valence electrons. The quantitative estimate of drug-likeness (QED) is 0.119. The molecule has 0 spiro atoms. The van der Waals surface area contributed by atoms with Gasteiger partial charge < -0.3 is 43.4 Å². The van der Waals surface area contributed by atoms with Crippen molar-refractivity contribution in [3.63, 3.8) is 0 Å². The highest BCUT2D eigenvalue weighted by Gasteiger charge is 2.29. The van der Waals surface area contributed by atoms with Crippen molar-refractivity contribution < 1.29 is 43.8 Å². The van der Waals surface area contributed by atoms with Crippen molar-refractivity contribution in [1.82, 2.24) is 16.0 Å². The molecular formula is C16H26N6O9. The number of rotatable bonds is 15. The van der Waals surface area contributed by atoms with Crippen LogP contribution in [-0.4, -0.2) is 76.4 Å². The number of carboxylic acid groups (broad SMARTS) is 2. The highest BCUT2D eigenvalue weighted by molar-refractivity contribution is 5.95. The number of primary amides is 2. The molecule has 0 heterocycles. The monoisotopic (exact) mass is 446 g/mol. The Morgan fingerprint density at radius 3 is 1.71 bits per heavy atom. The predicted octanol–water partition coefficient (Wildman–Crippen LogP) is -4.51. The zero-order valence-corrected chi connectivity index (χ0v) is 16.5. The van der Waals surface area contributed by atoms with Gasteiger partial charge in [0.05, 0.1) is 12.5 Å². The summed E-state index contributed by atoms with van der Waals surface area (Å²) in [5.74, 6) is -7.21. The fourth-order valence-electron chi connectivity index (χ4n) is 2.24. The van der Waals surface area contributed by atoms with E-state index in [2.05, 4.69) is 10.6 Å². The van der Waals surface area contributed by atoms with Crippen LogP contribution >= 0.6 is 0 Å². The number of nitrogens with one attached hydrogen (secondary N) is 3. The molecule has 15 nitrogen and oxygen atoms in total. The van der Waals surface area contributed by atoms with Gasteiger partial charge in [-0.3, -0.25) is 33.6 Å². The van der Waals surface area contributed by atoms with E-state index in [1.165, 1.54) is 0 Å². The molecule has 0 radical (unpaired) electrons. The maximum Gasteiger partial charge on any atom is 0.322 e. The summed E-state index contributed by atoms with van der Waals surface area (Å²) in [6, 6.07) is -4.27. The van der Waals surface area contributed by atoms with Crippen LogP contribution in [0.1, 0.15) is 32.1 Å². The van der Waals surface area contributed by atoms with Crippen molar-refractivity contribution in [1.29, 1.82) is 0 Å². The van der Waals surface area contributed by atoms with Gasteiger partial charge in [0.2, 0.25) is 29.5 Å². The average Bonchev–Trinajstić information content (AvgIpc) is 2.64. The van der Waals surface area contributed by atoms with Gasteiger partial charge in [-0.2, -0.15) is 0 Å². The lowest BCUT2D eigenvalue weighted by atomic mass is 10.1. The molecule has 31 heavy (non-hydrogen) atoms. The second-order valence-electron chi connectivity index (χ2n) is 6.45. The molecule has 0 fully saturated rings. The van der Waals surface area contributed by atoms with E-state index in [0.717, 1.165) is 0 Å². The van der Waals surface area contributed by atoms with Crippen LogP contribution in [0.25, 0.3) is 0 Å². The predicted molar refractivity (Wildman–Crippen MR) is 102 cm³/mol. The SMILES string of the molecule is NC(=O)CCC(NC(=O)C(CCC(=O)O)NC(=O)C(N)CC(N)=O)C(=O)NCC(=O)O. The summed E-state index contributed by atoms with van der Waals surface area (Å²) in [6.45, 7) is -0.761. The lowest BCUT2D eigenvalue weighted by molar-refractivity contribution is -0.139. The topological polar surface area (TPSA) is 274 Å². The van der Waals surface area contributed by atoms with Crippen LogP contribution < -0.4 is 33.2 Å². The molecule has 0 aromatic heterocycles. The Labute approximate surface area is 176 Å². The zero-order chi connectivity index (χ0) is 24.1. The van der Waals surface area contributed by atoms with Crippen molar-refractivity contribution in [3.05, 3.63) is 0 Å². The Hall–Kier alpha value is -3.75. The van der Waals surface area contributed by atoms with E-state index in [-0.39, 0.29) is 12.8 Å². The van der Waals surface area contributed by atoms with Gasteiger partial charge in [-0.25, -0.2) is 0 Å². The summed E-state index contributed by atoms with van der Waals surface area (Å²) in [7, 11) is 0. The number of carbonyl (C=O) groups excluding carboxylic acids is 5. The van der Waals surface area contributed by atoms with E-state index in [0.29, 0.717) is 0 Å². The average molecular weight is 446 g/mol. The van der Waals surface area contributed by atoms with Gasteiger partial charge in [0, 0.05) is 12.8 Å². The first-order valence-electron chi connectivity index (χ1n) is 8.97. The van der Waals surface area contributed by atoms with Crippen LogP contribution in [0.15, 0.2) is 0 Å². The van der Waals surface area contributed by atoms with Crippen molar-refractivity contribution in [2.45, 2.75) is 50.2 Å². The number of carboxylic acids is 2. The second kappa shape index (κ2) is 13.5. The maximum atomic E-state index is 12.6. The van der Waals surface area contributed by atoms with Gasteiger partial charge in [0.15, 0.2) is 0 Å². The van der Waals surface area contributed by atoms with Crippen molar-refractivity contribution in [3.8, 4) is 0 Å². The third kappa shape index (κ3) is 12.4. The number of amides is 5. The van der Waals surface area contributed by atoms with Gasteiger partial charge in [-0.05, 0) is 12.8 Å². The molecular weight excluding hydrogens is 420 g/mol. The largest absolute Gasteiger partial charge is 0.481 e. The summed E-state index contributed by atoms with van der Waals surface area (Å²) in [5, 5.41) is 23.9. The van der Waals surface area contributed by atoms with E-state index < -0.39 is 85.4 Å². The van der Waals surface area contributed by atoms with Crippen LogP contribution in [-0.2, 0) is 33.6 Å². The molecule has 0 aromatic rings. The van der Waals surface area contributed by atoms with Crippen LogP contribution in [0.5, 0.6) is 0 Å². The van der Waals surface area contributed by atoms with E-state index in [9.17, 15) is 33.6 Å². The third-order valence-corrected chi connectivity index (χ3v) is 3.76. The van der Waals surface area contributed by atoms with Crippen LogP contribution in [0, 0.1) is 0 Å². The van der Waals surface area contributed by atoms with Crippen LogP contribution in [0.4, 0.5) is 0 Å². The summed E-state index contributed by atoms with van der Waals surface area (Å²) >= 11 is 0.